The van der Waals surface area contributed by atoms with Gasteiger partial charge in [-0.25, -0.2) is 0 Å². The molecule has 0 saturated heterocycles. The lowest BCUT2D eigenvalue weighted by Gasteiger charge is -2.31. The zero-order chi connectivity index (χ0) is 30.8. The second kappa shape index (κ2) is 26.0. The van der Waals surface area contributed by atoms with Crippen LogP contribution in [0.3, 0.4) is 0 Å². The fourth-order valence-corrected chi connectivity index (χ4v) is 6.25. The minimum atomic E-state index is -0.0934. The van der Waals surface area contributed by atoms with E-state index in [2.05, 4.69) is 49.6 Å². The number of benzene rings is 1. The van der Waals surface area contributed by atoms with E-state index in [1.165, 1.54) is 128 Å². The maximum absolute atomic E-state index is 6.60. The number of nitrogens with zero attached hydrogens (tertiary/aromatic N) is 2. The van der Waals surface area contributed by atoms with Crippen molar-refractivity contribution in [1.82, 2.24) is 9.80 Å². The Morgan fingerprint density at radius 1 is 0.488 bits per heavy atom. The minimum absolute atomic E-state index is 0.0934. The molecule has 0 aromatic heterocycles. The number of ether oxygens (including phenoxy) is 3. The standard InChI is InChI=1S/C38H70N2O3/c1-5-9-11-13-15-17-19-21-23-27-31-39(7-3)37-33-41-34-38(43-36-30-26-25-29-35(36)42-37)40(8-4)32-28-24-22-20-18-16-14-12-10-6-2/h25-26,29-30,37-38H,5-24,27-28,31-34H2,1-4H3. The van der Waals surface area contributed by atoms with Gasteiger partial charge in [0, 0.05) is 13.1 Å². The van der Waals surface area contributed by atoms with Gasteiger partial charge in [0.25, 0.3) is 0 Å². The lowest BCUT2D eigenvalue weighted by atomic mass is 10.1. The van der Waals surface area contributed by atoms with Gasteiger partial charge < -0.3 is 14.2 Å². The molecule has 1 aliphatic heterocycles. The minimum Gasteiger partial charge on any atom is -0.469 e. The summed E-state index contributed by atoms with van der Waals surface area (Å²) >= 11 is 0. The second-order valence-corrected chi connectivity index (χ2v) is 12.8. The first-order valence-electron chi connectivity index (χ1n) is 18.7. The van der Waals surface area contributed by atoms with Gasteiger partial charge in [0.05, 0.1) is 13.2 Å². The summed E-state index contributed by atoms with van der Waals surface area (Å²) in [6.07, 6.45) is 27.0. The number of hydrogen-bond acceptors (Lipinski definition) is 5. The van der Waals surface area contributed by atoms with E-state index in [9.17, 15) is 0 Å². The second-order valence-electron chi connectivity index (χ2n) is 12.8. The average Bonchev–Trinajstić information content (AvgIpc) is 3.11. The number of unbranched alkanes of at least 4 members (excludes halogenated alkanes) is 18. The van der Waals surface area contributed by atoms with Crippen molar-refractivity contribution >= 4 is 0 Å². The first-order valence-corrected chi connectivity index (χ1v) is 18.7. The van der Waals surface area contributed by atoms with Crippen LogP contribution in [-0.4, -0.2) is 61.6 Å². The van der Waals surface area contributed by atoms with Gasteiger partial charge in [-0.05, 0) is 38.1 Å². The Hall–Kier alpha value is -1.30. The molecule has 1 aromatic rings. The fourth-order valence-electron chi connectivity index (χ4n) is 6.25. The van der Waals surface area contributed by atoms with Crippen LogP contribution in [0.1, 0.15) is 156 Å². The molecule has 0 aliphatic carbocycles. The maximum atomic E-state index is 6.60. The normalized spacial score (nSPS) is 17.3. The molecular formula is C38H70N2O3. The predicted molar refractivity (Wildman–Crippen MR) is 184 cm³/mol. The van der Waals surface area contributed by atoms with E-state index in [0.717, 1.165) is 37.7 Å². The zero-order valence-electron chi connectivity index (χ0n) is 29.0. The smallest absolute Gasteiger partial charge is 0.176 e. The summed E-state index contributed by atoms with van der Waals surface area (Å²) in [6, 6.07) is 8.20. The Balaban J connectivity index is 1.79. The average molecular weight is 603 g/mol. The topological polar surface area (TPSA) is 34.2 Å². The summed E-state index contributed by atoms with van der Waals surface area (Å²) in [5.41, 5.74) is 0. The first-order chi connectivity index (χ1) is 21.2. The monoisotopic (exact) mass is 603 g/mol. The highest BCUT2D eigenvalue weighted by atomic mass is 16.6. The van der Waals surface area contributed by atoms with Crippen LogP contribution in [0.4, 0.5) is 0 Å². The van der Waals surface area contributed by atoms with Crippen LogP contribution in [0.15, 0.2) is 24.3 Å². The van der Waals surface area contributed by atoms with Crippen LogP contribution >= 0.6 is 0 Å². The van der Waals surface area contributed by atoms with Gasteiger partial charge in [-0.3, -0.25) is 9.80 Å². The molecule has 0 radical (unpaired) electrons. The number of likely N-dealkylation sites (N-methyl/N-ethyl adjacent to an activating group) is 2. The third kappa shape index (κ3) is 17.1. The van der Waals surface area contributed by atoms with Gasteiger partial charge in [-0.15, -0.1) is 0 Å². The molecule has 2 rings (SSSR count). The molecule has 0 amide bonds. The van der Waals surface area contributed by atoms with Crippen molar-refractivity contribution in [1.29, 1.82) is 0 Å². The number of hydrogen-bond donors (Lipinski definition) is 0. The maximum Gasteiger partial charge on any atom is 0.176 e. The largest absolute Gasteiger partial charge is 0.469 e. The molecule has 0 spiro atoms. The van der Waals surface area contributed by atoms with E-state index in [4.69, 9.17) is 14.2 Å². The van der Waals surface area contributed by atoms with E-state index >= 15 is 0 Å². The molecule has 2 unspecified atom stereocenters. The van der Waals surface area contributed by atoms with Crippen molar-refractivity contribution in [3.8, 4) is 11.5 Å². The van der Waals surface area contributed by atoms with Crippen LogP contribution in [0.25, 0.3) is 0 Å². The van der Waals surface area contributed by atoms with E-state index < -0.39 is 0 Å². The molecule has 5 nitrogen and oxygen atoms in total. The van der Waals surface area contributed by atoms with Gasteiger partial charge in [-0.2, -0.15) is 0 Å². The molecule has 1 aromatic carbocycles. The highest BCUT2D eigenvalue weighted by Crippen LogP contribution is 2.31. The van der Waals surface area contributed by atoms with Crippen LogP contribution in [0, 0.1) is 0 Å². The summed E-state index contributed by atoms with van der Waals surface area (Å²) in [5.74, 6) is 1.67. The number of para-hydroxylation sites is 2. The Kier molecular flexibility index (Phi) is 22.9. The van der Waals surface area contributed by atoms with Crippen molar-refractivity contribution in [2.24, 2.45) is 0 Å². The van der Waals surface area contributed by atoms with Crippen molar-refractivity contribution < 1.29 is 14.2 Å². The molecule has 2 atom stereocenters. The van der Waals surface area contributed by atoms with Crippen molar-refractivity contribution in [3.63, 3.8) is 0 Å². The molecule has 0 fully saturated rings. The summed E-state index contributed by atoms with van der Waals surface area (Å²) < 4.78 is 19.5. The number of rotatable bonds is 26. The molecule has 0 bridgehead atoms. The third-order valence-corrected chi connectivity index (χ3v) is 9.12. The predicted octanol–water partition coefficient (Wildman–Crippen LogP) is 10.6. The summed E-state index contributed by atoms with van der Waals surface area (Å²) in [4.78, 5) is 4.90. The summed E-state index contributed by atoms with van der Waals surface area (Å²) in [7, 11) is 0. The zero-order valence-corrected chi connectivity index (χ0v) is 29.0. The highest BCUT2D eigenvalue weighted by Gasteiger charge is 2.27. The van der Waals surface area contributed by atoms with Crippen LogP contribution < -0.4 is 9.47 Å². The van der Waals surface area contributed by atoms with Gasteiger partial charge in [-0.1, -0.05) is 155 Å². The van der Waals surface area contributed by atoms with Gasteiger partial charge in [0.2, 0.25) is 0 Å². The molecule has 0 saturated carbocycles. The Labute approximate surface area is 267 Å². The van der Waals surface area contributed by atoms with E-state index in [0.29, 0.717) is 13.2 Å². The summed E-state index contributed by atoms with van der Waals surface area (Å²) in [6.45, 7) is 14.2. The van der Waals surface area contributed by atoms with Crippen LogP contribution in [0.5, 0.6) is 11.5 Å². The first kappa shape index (κ1) is 37.9. The lowest BCUT2D eigenvalue weighted by Crippen LogP contribution is -2.45. The van der Waals surface area contributed by atoms with Gasteiger partial charge in [0.15, 0.2) is 24.0 Å². The molecule has 1 aliphatic rings. The molecule has 250 valence electrons. The molecular weight excluding hydrogens is 532 g/mol. The van der Waals surface area contributed by atoms with Gasteiger partial charge >= 0.3 is 0 Å². The van der Waals surface area contributed by atoms with E-state index in [1.807, 2.05) is 12.1 Å². The quantitative estimate of drug-likeness (QED) is 0.0985. The van der Waals surface area contributed by atoms with Crippen molar-refractivity contribution in [3.05, 3.63) is 24.3 Å². The van der Waals surface area contributed by atoms with E-state index in [1.54, 1.807) is 0 Å². The van der Waals surface area contributed by atoms with Crippen LogP contribution in [-0.2, 0) is 4.74 Å². The number of fused-ring (bicyclic) bond motifs is 1. The molecule has 5 heteroatoms. The molecule has 0 N–H and O–H groups in total. The lowest BCUT2D eigenvalue weighted by molar-refractivity contribution is -0.0723. The third-order valence-electron chi connectivity index (χ3n) is 9.12. The highest BCUT2D eigenvalue weighted by molar-refractivity contribution is 5.39. The Morgan fingerprint density at radius 2 is 0.814 bits per heavy atom. The van der Waals surface area contributed by atoms with E-state index in [-0.39, 0.29) is 12.5 Å². The van der Waals surface area contributed by atoms with Crippen molar-refractivity contribution in [2.75, 3.05) is 39.4 Å². The summed E-state index contributed by atoms with van der Waals surface area (Å²) in [5, 5.41) is 0. The van der Waals surface area contributed by atoms with Crippen LogP contribution in [0.2, 0.25) is 0 Å². The Morgan fingerprint density at radius 3 is 1.14 bits per heavy atom. The molecule has 1 heterocycles. The SMILES string of the molecule is CCCCCCCCCCCCN(CC)C1COCC(N(CC)CCCCCCCCCCCC)Oc2ccccc2O1. The van der Waals surface area contributed by atoms with Gasteiger partial charge in [0.1, 0.15) is 0 Å². The molecule has 43 heavy (non-hydrogen) atoms. The van der Waals surface area contributed by atoms with Crippen molar-refractivity contribution in [2.45, 2.75) is 169 Å². The Bertz CT molecular complexity index is 699. The fraction of sp³-hybridized carbons (Fsp3) is 0.842.